The van der Waals surface area contributed by atoms with Crippen LogP contribution in [-0.4, -0.2) is 35.6 Å². The smallest absolute Gasteiger partial charge is 0.322 e. The first-order chi connectivity index (χ1) is 11.3. The van der Waals surface area contributed by atoms with Crippen LogP contribution in [0.25, 0.3) is 0 Å². The molecule has 0 radical (unpaired) electrons. The SMILES string of the molecule is CC1(C)[C@]2(C(=O)NCCCOc3cccnc3)CC[C@@]1(C)OC2=O. The monoisotopic (exact) mass is 332 g/mol. The summed E-state index contributed by atoms with van der Waals surface area (Å²) in [5, 5.41) is 2.90. The van der Waals surface area contributed by atoms with Gasteiger partial charge >= 0.3 is 5.97 Å². The molecule has 6 heteroatoms. The van der Waals surface area contributed by atoms with E-state index in [1.54, 1.807) is 18.5 Å². The first-order valence-electron chi connectivity index (χ1n) is 8.38. The highest BCUT2D eigenvalue weighted by molar-refractivity contribution is 6.06. The molecule has 1 N–H and O–H groups in total. The summed E-state index contributed by atoms with van der Waals surface area (Å²) < 4.78 is 11.1. The van der Waals surface area contributed by atoms with E-state index in [1.807, 2.05) is 26.8 Å². The number of nitrogens with one attached hydrogen (secondary N) is 1. The molecule has 0 unspecified atom stereocenters. The van der Waals surface area contributed by atoms with Gasteiger partial charge < -0.3 is 14.8 Å². The predicted molar refractivity (Wildman–Crippen MR) is 87.3 cm³/mol. The van der Waals surface area contributed by atoms with Gasteiger partial charge in [-0.3, -0.25) is 14.6 Å². The summed E-state index contributed by atoms with van der Waals surface area (Å²) in [4.78, 5) is 29.1. The quantitative estimate of drug-likeness (QED) is 0.490. The maximum Gasteiger partial charge on any atom is 0.322 e. The molecule has 2 bridgehead atoms. The van der Waals surface area contributed by atoms with Gasteiger partial charge in [0, 0.05) is 18.2 Å². The molecule has 6 nitrogen and oxygen atoms in total. The highest BCUT2D eigenvalue weighted by atomic mass is 16.6. The highest BCUT2D eigenvalue weighted by Crippen LogP contribution is 2.65. The van der Waals surface area contributed by atoms with Gasteiger partial charge in [0.15, 0.2) is 5.41 Å². The maximum atomic E-state index is 12.8. The van der Waals surface area contributed by atoms with E-state index in [2.05, 4.69) is 10.3 Å². The van der Waals surface area contributed by atoms with Gasteiger partial charge in [-0.25, -0.2) is 0 Å². The first kappa shape index (κ1) is 16.7. The van der Waals surface area contributed by atoms with E-state index in [4.69, 9.17) is 9.47 Å². The number of amides is 1. The van der Waals surface area contributed by atoms with E-state index >= 15 is 0 Å². The van der Waals surface area contributed by atoms with E-state index in [9.17, 15) is 9.59 Å². The van der Waals surface area contributed by atoms with E-state index < -0.39 is 16.4 Å². The zero-order chi connectivity index (χ0) is 17.4. The lowest BCUT2D eigenvalue weighted by Gasteiger charge is -2.34. The lowest BCUT2D eigenvalue weighted by molar-refractivity contribution is -0.162. The molecule has 1 aliphatic carbocycles. The molecule has 24 heavy (non-hydrogen) atoms. The van der Waals surface area contributed by atoms with Crippen molar-refractivity contribution in [3.8, 4) is 5.75 Å². The molecule has 1 saturated carbocycles. The van der Waals surface area contributed by atoms with E-state index in [0.717, 1.165) is 6.42 Å². The van der Waals surface area contributed by atoms with Gasteiger partial charge in [0.25, 0.3) is 0 Å². The molecule has 1 aromatic rings. The van der Waals surface area contributed by atoms with Crippen molar-refractivity contribution in [2.75, 3.05) is 13.2 Å². The second kappa shape index (κ2) is 5.76. The summed E-state index contributed by atoms with van der Waals surface area (Å²) >= 11 is 0. The predicted octanol–water partition coefficient (Wildman–Crippen LogP) is 2.09. The minimum Gasteiger partial charge on any atom is -0.492 e. The van der Waals surface area contributed by atoms with Gasteiger partial charge in [-0.2, -0.15) is 0 Å². The van der Waals surface area contributed by atoms with Gasteiger partial charge in [0.1, 0.15) is 11.4 Å². The summed E-state index contributed by atoms with van der Waals surface area (Å²) in [5.74, 6) is 0.0972. The number of rotatable bonds is 6. The Balaban J connectivity index is 1.53. The van der Waals surface area contributed by atoms with Crippen LogP contribution in [-0.2, 0) is 14.3 Å². The number of carbonyl (C=O) groups is 2. The second-order valence-electron chi connectivity index (χ2n) is 7.30. The van der Waals surface area contributed by atoms with E-state index in [0.29, 0.717) is 31.7 Å². The Morgan fingerprint density at radius 2 is 2.17 bits per heavy atom. The zero-order valence-electron chi connectivity index (χ0n) is 14.4. The van der Waals surface area contributed by atoms with Gasteiger partial charge in [0.2, 0.25) is 5.91 Å². The molecule has 0 aromatic carbocycles. The summed E-state index contributed by atoms with van der Waals surface area (Å²) in [6.45, 7) is 6.77. The summed E-state index contributed by atoms with van der Waals surface area (Å²) in [6.07, 6.45) is 5.26. The van der Waals surface area contributed by atoms with Crippen molar-refractivity contribution in [3.63, 3.8) is 0 Å². The summed E-state index contributed by atoms with van der Waals surface area (Å²) in [7, 11) is 0. The molecule has 2 atom stereocenters. The topological polar surface area (TPSA) is 77.5 Å². The lowest BCUT2D eigenvalue weighted by Crippen LogP contribution is -2.51. The molecular formula is C18H24N2O4. The molecule has 2 heterocycles. The number of carbonyl (C=O) groups excluding carboxylic acids is 2. The van der Waals surface area contributed by atoms with Gasteiger partial charge in [-0.15, -0.1) is 0 Å². The number of pyridine rings is 1. The molecule has 3 rings (SSSR count). The van der Waals surface area contributed by atoms with Crippen LogP contribution < -0.4 is 10.1 Å². The Bertz CT molecular complexity index is 646. The van der Waals surface area contributed by atoms with Crippen molar-refractivity contribution < 1.29 is 19.1 Å². The highest BCUT2D eigenvalue weighted by Gasteiger charge is 2.76. The molecule has 130 valence electrons. The maximum absolute atomic E-state index is 12.8. The number of fused-ring (bicyclic) bond motifs is 2. The van der Waals surface area contributed by atoms with E-state index in [-0.39, 0.29) is 11.9 Å². The molecule has 1 amide bonds. The van der Waals surface area contributed by atoms with Crippen LogP contribution >= 0.6 is 0 Å². The van der Waals surface area contributed by atoms with Crippen LogP contribution in [0.4, 0.5) is 0 Å². The van der Waals surface area contributed by atoms with Crippen molar-refractivity contribution in [1.82, 2.24) is 10.3 Å². The van der Waals surface area contributed by atoms with Crippen LogP contribution in [0.3, 0.4) is 0 Å². The van der Waals surface area contributed by atoms with Gasteiger partial charge in [0.05, 0.1) is 12.8 Å². The summed E-state index contributed by atoms with van der Waals surface area (Å²) in [5.41, 5.74) is -2.12. The fraction of sp³-hybridized carbons (Fsp3) is 0.611. The number of ether oxygens (including phenoxy) is 2. The Morgan fingerprint density at radius 3 is 2.75 bits per heavy atom. The molecular weight excluding hydrogens is 308 g/mol. The molecule has 2 aliphatic rings. The number of hydrogen-bond acceptors (Lipinski definition) is 5. The third-order valence-electron chi connectivity index (χ3n) is 5.93. The summed E-state index contributed by atoms with van der Waals surface area (Å²) in [6, 6.07) is 3.64. The van der Waals surface area contributed by atoms with Gasteiger partial charge in [-0.05, 0) is 38.3 Å². The van der Waals surface area contributed by atoms with Crippen LogP contribution in [0.15, 0.2) is 24.5 Å². The van der Waals surface area contributed by atoms with Crippen molar-refractivity contribution >= 4 is 11.9 Å². The number of hydrogen-bond donors (Lipinski definition) is 1. The van der Waals surface area contributed by atoms with Crippen LogP contribution in [0.1, 0.15) is 40.0 Å². The minimum atomic E-state index is -1.06. The van der Waals surface area contributed by atoms with E-state index in [1.165, 1.54) is 0 Å². The minimum absolute atomic E-state index is 0.222. The molecule has 1 aromatic heterocycles. The van der Waals surface area contributed by atoms with Crippen LogP contribution in [0.2, 0.25) is 0 Å². The normalized spacial score (nSPS) is 30.0. The van der Waals surface area contributed by atoms with Crippen LogP contribution in [0, 0.1) is 10.8 Å². The van der Waals surface area contributed by atoms with Crippen molar-refractivity contribution in [2.45, 2.75) is 45.6 Å². The van der Waals surface area contributed by atoms with Crippen LogP contribution in [0.5, 0.6) is 5.75 Å². The third-order valence-corrected chi connectivity index (χ3v) is 5.93. The average molecular weight is 332 g/mol. The fourth-order valence-corrected chi connectivity index (χ4v) is 3.87. The standard InChI is InChI=1S/C18H24N2O4/c1-16(2)17(3)7-8-18(16,15(22)24-17)14(21)20-10-5-11-23-13-6-4-9-19-12-13/h4,6,9,12H,5,7-8,10-11H2,1-3H3,(H,20,21)/t17-,18+/m1/s1. The Morgan fingerprint density at radius 1 is 1.38 bits per heavy atom. The molecule has 0 spiro atoms. The third kappa shape index (κ3) is 2.27. The van der Waals surface area contributed by atoms with Crippen molar-refractivity contribution in [2.24, 2.45) is 10.8 Å². The number of aromatic nitrogens is 1. The lowest BCUT2D eigenvalue weighted by atomic mass is 9.65. The van der Waals surface area contributed by atoms with Crippen molar-refractivity contribution in [3.05, 3.63) is 24.5 Å². The molecule has 1 aliphatic heterocycles. The fourth-order valence-electron chi connectivity index (χ4n) is 3.87. The number of esters is 1. The second-order valence-corrected chi connectivity index (χ2v) is 7.30. The molecule has 1 saturated heterocycles. The average Bonchev–Trinajstić information content (AvgIpc) is 2.84. The zero-order valence-corrected chi connectivity index (χ0v) is 14.4. The Hall–Kier alpha value is -2.11. The van der Waals surface area contributed by atoms with Crippen molar-refractivity contribution in [1.29, 1.82) is 0 Å². The number of nitrogens with zero attached hydrogens (tertiary/aromatic N) is 1. The Kier molecular flexibility index (Phi) is 4.01. The largest absolute Gasteiger partial charge is 0.492 e. The van der Waals surface area contributed by atoms with Gasteiger partial charge in [-0.1, -0.05) is 13.8 Å². The Labute approximate surface area is 141 Å². The first-order valence-corrected chi connectivity index (χ1v) is 8.38. The molecule has 2 fully saturated rings.